The van der Waals surface area contributed by atoms with Gasteiger partial charge in [-0.05, 0) is 57.4 Å². The third kappa shape index (κ3) is 6.10. The average Bonchev–Trinajstić information content (AvgIpc) is 3.50. The maximum Gasteiger partial charge on any atom is 0.224 e. The van der Waals surface area contributed by atoms with Gasteiger partial charge < -0.3 is 39.8 Å². The summed E-state index contributed by atoms with van der Waals surface area (Å²) in [6, 6.07) is 8.82. The van der Waals surface area contributed by atoms with E-state index in [9.17, 15) is 15.3 Å². The second-order valence-corrected chi connectivity index (χ2v) is 10.8. The number of anilines is 2. The van der Waals surface area contributed by atoms with E-state index in [-0.39, 0.29) is 6.61 Å². The number of aryl methyl sites for hydroxylation is 2. The van der Waals surface area contributed by atoms with E-state index in [1.165, 1.54) is 0 Å². The molecule has 1 aliphatic rings. The Morgan fingerprint density at radius 3 is 2.57 bits per heavy atom. The van der Waals surface area contributed by atoms with E-state index in [4.69, 9.17) is 35.5 Å². The predicted molar refractivity (Wildman–Crippen MR) is 160 cm³/mol. The zero-order valence-electron chi connectivity index (χ0n) is 24.0. The highest BCUT2D eigenvalue weighted by Crippen LogP contribution is 2.38. The van der Waals surface area contributed by atoms with E-state index >= 15 is 0 Å². The Morgan fingerprint density at radius 2 is 1.88 bits per heavy atom. The van der Waals surface area contributed by atoms with Crippen LogP contribution in [0, 0.1) is 19.8 Å². The van der Waals surface area contributed by atoms with E-state index in [2.05, 4.69) is 15.6 Å². The number of aliphatic hydroxyl groups excluding tert-OH is 3. The lowest BCUT2D eigenvalue weighted by atomic mass is 10.1. The van der Waals surface area contributed by atoms with Crippen molar-refractivity contribution in [1.29, 1.82) is 0 Å². The number of rotatable bonds is 11. The molecule has 0 amide bonds. The van der Waals surface area contributed by atoms with Gasteiger partial charge in [-0.3, -0.25) is 0 Å². The fourth-order valence-corrected chi connectivity index (χ4v) is 5.66. The van der Waals surface area contributed by atoms with Gasteiger partial charge in [0.25, 0.3) is 0 Å². The van der Waals surface area contributed by atoms with Crippen LogP contribution in [0.5, 0.6) is 11.6 Å². The molecule has 1 aliphatic carbocycles. The number of nitrogens with zero attached hydrogens (tertiary/aromatic N) is 3. The number of nitrogens with one attached hydrogen (secondary N) is 2. The first kappa shape index (κ1) is 29.8. The second-order valence-electron chi connectivity index (χ2n) is 10.4. The van der Waals surface area contributed by atoms with Crippen molar-refractivity contribution in [3.63, 3.8) is 0 Å². The van der Waals surface area contributed by atoms with Crippen molar-refractivity contribution >= 4 is 34.3 Å². The lowest BCUT2D eigenvalue weighted by Crippen LogP contribution is -2.35. The van der Waals surface area contributed by atoms with Crippen molar-refractivity contribution in [1.82, 2.24) is 15.0 Å². The van der Waals surface area contributed by atoms with Gasteiger partial charge in [-0.1, -0.05) is 17.7 Å². The number of fused-ring (bicyclic) bond motifs is 1. The number of methoxy groups -OCH3 is 1. The summed E-state index contributed by atoms with van der Waals surface area (Å²) in [6.45, 7) is 6.42. The molecule has 4 aromatic rings. The molecule has 42 heavy (non-hydrogen) atoms. The lowest BCUT2D eigenvalue weighted by Gasteiger charge is -2.21. The Kier molecular flexibility index (Phi) is 9.02. The second kappa shape index (κ2) is 12.7. The fraction of sp³-hybridized carbons (Fsp3) is 0.433. The molecule has 12 heteroatoms. The van der Waals surface area contributed by atoms with Gasteiger partial charge in [0.05, 0.1) is 47.8 Å². The number of furan rings is 1. The Morgan fingerprint density at radius 1 is 1.07 bits per heavy atom. The molecule has 5 rings (SSSR count). The highest BCUT2D eigenvalue weighted by molar-refractivity contribution is 6.32. The van der Waals surface area contributed by atoms with Crippen LogP contribution in [-0.4, -0.2) is 75.4 Å². The first-order valence-electron chi connectivity index (χ1n) is 13.9. The van der Waals surface area contributed by atoms with Crippen LogP contribution in [0.1, 0.15) is 30.3 Å². The maximum absolute atomic E-state index is 10.7. The molecule has 1 aromatic carbocycles. The van der Waals surface area contributed by atoms with Crippen LogP contribution in [0.4, 0.5) is 11.8 Å². The predicted octanol–water partition coefficient (Wildman–Crippen LogP) is 4.13. The summed E-state index contributed by atoms with van der Waals surface area (Å²) in [4.78, 5) is 13.9. The zero-order chi connectivity index (χ0) is 30.0. The van der Waals surface area contributed by atoms with Crippen LogP contribution >= 0.6 is 11.6 Å². The van der Waals surface area contributed by atoms with E-state index < -0.39 is 24.2 Å². The molecule has 4 atom stereocenters. The van der Waals surface area contributed by atoms with Crippen molar-refractivity contribution in [3.05, 3.63) is 52.3 Å². The number of aliphatic hydroxyl groups is 3. The Balaban J connectivity index is 1.47. The summed E-state index contributed by atoms with van der Waals surface area (Å²) in [5.41, 5.74) is 3.59. The van der Waals surface area contributed by atoms with Crippen molar-refractivity contribution in [2.75, 3.05) is 37.5 Å². The van der Waals surface area contributed by atoms with Crippen molar-refractivity contribution in [2.45, 2.75) is 51.9 Å². The monoisotopic (exact) mass is 597 g/mol. The highest BCUT2D eigenvalue weighted by atomic mass is 35.5. The number of halogens is 1. The molecule has 0 spiro atoms. The van der Waals surface area contributed by atoms with Gasteiger partial charge in [0.2, 0.25) is 11.8 Å². The summed E-state index contributed by atoms with van der Waals surface area (Å²) in [6.07, 6.45) is -1.11. The third-order valence-corrected chi connectivity index (χ3v) is 7.84. The standard InChI is InChI=1S/C30H36ClN5O6/c1-5-41-24-13-18-12-23(42-28(18)16(3)33-24)25-15(2)34-30(32-9-8-17-6-7-22(40-4)20(31)10-17)36-29(25)35-21-11-19(14-37)26(38)27(21)39/h6-7,10,12-13,19,21,26-27,37-39H,5,8-9,11,14H2,1-4H3,(H2,32,34,35,36). The Bertz CT molecular complexity index is 1560. The number of pyridine rings is 1. The Hall–Kier alpha value is -3.64. The van der Waals surface area contributed by atoms with E-state index in [0.717, 1.165) is 10.9 Å². The van der Waals surface area contributed by atoms with E-state index in [1.54, 1.807) is 7.11 Å². The Labute approximate surface area is 248 Å². The quantitative estimate of drug-likeness (QED) is 0.169. The van der Waals surface area contributed by atoms with Crippen LogP contribution in [0.3, 0.4) is 0 Å². The van der Waals surface area contributed by atoms with Gasteiger partial charge in [-0.2, -0.15) is 4.98 Å². The number of hydrogen-bond donors (Lipinski definition) is 5. The molecule has 0 radical (unpaired) electrons. The summed E-state index contributed by atoms with van der Waals surface area (Å²) >= 11 is 6.28. The number of benzene rings is 1. The van der Waals surface area contributed by atoms with Crippen molar-refractivity contribution in [3.8, 4) is 23.0 Å². The van der Waals surface area contributed by atoms with Crippen molar-refractivity contribution < 1.29 is 29.2 Å². The molecular formula is C30H36ClN5O6. The molecule has 1 fully saturated rings. The van der Waals surface area contributed by atoms with Gasteiger partial charge in [0, 0.05) is 30.5 Å². The zero-order valence-corrected chi connectivity index (χ0v) is 24.8. The summed E-state index contributed by atoms with van der Waals surface area (Å²) in [5.74, 6) is 2.02. The van der Waals surface area contributed by atoms with Crippen LogP contribution in [0.2, 0.25) is 5.02 Å². The van der Waals surface area contributed by atoms with Crippen LogP contribution < -0.4 is 20.1 Å². The molecule has 224 valence electrons. The minimum atomic E-state index is -1.09. The molecule has 0 aliphatic heterocycles. The van der Waals surface area contributed by atoms with Crippen molar-refractivity contribution in [2.24, 2.45) is 5.92 Å². The normalized spacial score (nSPS) is 20.2. The molecule has 11 nitrogen and oxygen atoms in total. The van der Waals surface area contributed by atoms with Crippen LogP contribution in [0.25, 0.3) is 22.3 Å². The number of ether oxygens (including phenoxy) is 2. The first-order valence-corrected chi connectivity index (χ1v) is 14.3. The molecule has 0 bridgehead atoms. The van der Waals surface area contributed by atoms with Gasteiger partial charge in [0.15, 0.2) is 5.58 Å². The number of hydrogen-bond acceptors (Lipinski definition) is 11. The topological polar surface area (TPSA) is 155 Å². The van der Waals surface area contributed by atoms with Gasteiger partial charge in [-0.15, -0.1) is 0 Å². The van der Waals surface area contributed by atoms with Gasteiger partial charge in [0.1, 0.15) is 23.4 Å². The third-order valence-electron chi connectivity index (χ3n) is 7.55. The summed E-state index contributed by atoms with van der Waals surface area (Å²) < 4.78 is 17.1. The minimum absolute atomic E-state index is 0.230. The van der Waals surface area contributed by atoms with E-state index in [1.807, 2.05) is 51.1 Å². The van der Waals surface area contributed by atoms with Crippen LogP contribution in [-0.2, 0) is 6.42 Å². The fourth-order valence-electron chi connectivity index (χ4n) is 5.38. The van der Waals surface area contributed by atoms with E-state index in [0.29, 0.717) is 82.7 Å². The summed E-state index contributed by atoms with van der Waals surface area (Å²) in [7, 11) is 1.58. The molecule has 4 unspecified atom stereocenters. The molecule has 1 saturated carbocycles. The largest absolute Gasteiger partial charge is 0.495 e. The smallest absolute Gasteiger partial charge is 0.224 e. The minimum Gasteiger partial charge on any atom is -0.495 e. The molecule has 0 saturated heterocycles. The molecule has 3 aromatic heterocycles. The molecule has 3 heterocycles. The van der Waals surface area contributed by atoms with Gasteiger partial charge in [-0.25, -0.2) is 9.97 Å². The van der Waals surface area contributed by atoms with Gasteiger partial charge >= 0.3 is 0 Å². The lowest BCUT2D eigenvalue weighted by molar-refractivity contribution is 0.00446. The van der Waals surface area contributed by atoms with Crippen LogP contribution in [0.15, 0.2) is 34.7 Å². The molecular weight excluding hydrogens is 562 g/mol. The maximum atomic E-state index is 10.7. The number of aromatic nitrogens is 3. The average molecular weight is 598 g/mol. The SMILES string of the molecule is CCOc1cc2cc(-c3c(C)nc(NCCc4ccc(OC)c(Cl)c4)nc3NC3CC(CO)C(O)C3O)oc2c(C)n1. The summed E-state index contributed by atoms with van der Waals surface area (Å²) in [5, 5.41) is 38.8. The highest BCUT2D eigenvalue weighted by Gasteiger charge is 2.41. The molecule has 5 N–H and O–H groups in total. The first-order chi connectivity index (χ1) is 20.2.